The van der Waals surface area contributed by atoms with Gasteiger partial charge in [-0.3, -0.25) is 4.90 Å². The van der Waals surface area contributed by atoms with Gasteiger partial charge in [-0.25, -0.2) is 4.99 Å². The van der Waals surface area contributed by atoms with Gasteiger partial charge in [-0.2, -0.15) is 4.99 Å². The van der Waals surface area contributed by atoms with Crippen molar-refractivity contribution in [2.45, 2.75) is 19.1 Å². The topological polar surface area (TPSA) is 78.5 Å². The van der Waals surface area contributed by atoms with Gasteiger partial charge in [0.2, 0.25) is 18.2 Å². The lowest BCUT2D eigenvalue weighted by molar-refractivity contribution is 0.415. The van der Waals surface area contributed by atoms with Crippen LogP contribution in [0.2, 0.25) is 0 Å². The van der Waals surface area contributed by atoms with Crippen LogP contribution in [0, 0.1) is 0 Å². The zero-order chi connectivity index (χ0) is 18.6. The summed E-state index contributed by atoms with van der Waals surface area (Å²) in [4.78, 5) is 13.5. The normalized spacial score (nSPS) is 19.5. The molecule has 0 saturated carbocycles. The van der Waals surface area contributed by atoms with Crippen LogP contribution in [0.5, 0.6) is 5.75 Å². The van der Waals surface area contributed by atoms with E-state index in [4.69, 9.17) is 10.5 Å². The predicted molar refractivity (Wildman–Crippen MR) is 109 cm³/mol. The van der Waals surface area contributed by atoms with E-state index in [0.29, 0.717) is 0 Å². The van der Waals surface area contributed by atoms with E-state index in [1.165, 1.54) is 0 Å². The Bertz CT molecular complexity index is 845. The molecule has 27 heavy (non-hydrogen) atoms. The molecular weight excluding hydrogens is 340 g/mol. The van der Waals surface area contributed by atoms with Gasteiger partial charge in [0.15, 0.2) is 0 Å². The smallest absolute Gasteiger partial charge is 0.222 e. The summed E-state index contributed by atoms with van der Waals surface area (Å²) in [7, 11) is 1.66. The van der Waals surface area contributed by atoms with Crippen LogP contribution in [0.1, 0.15) is 12.8 Å². The van der Waals surface area contributed by atoms with Gasteiger partial charge in [-0.05, 0) is 37.1 Å². The van der Waals surface area contributed by atoms with Gasteiger partial charge in [0.05, 0.1) is 7.11 Å². The molecule has 2 aromatic rings. The minimum absolute atomic E-state index is 0.282. The highest BCUT2D eigenvalue weighted by Gasteiger charge is 2.32. The number of para-hydroxylation sites is 1. The minimum Gasteiger partial charge on any atom is -0.497 e. The molecule has 0 spiro atoms. The molecule has 0 amide bonds. The van der Waals surface area contributed by atoms with Crippen molar-refractivity contribution in [2.75, 3.05) is 30.4 Å². The molecular formula is C20H24N6O. The molecule has 7 heteroatoms. The molecule has 0 bridgehead atoms. The summed E-state index contributed by atoms with van der Waals surface area (Å²) in [5, 5.41) is 3.46. The third kappa shape index (κ3) is 3.67. The Morgan fingerprint density at radius 3 is 2.59 bits per heavy atom. The molecule has 0 aromatic heterocycles. The molecule has 3 N–H and O–H groups in total. The van der Waals surface area contributed by atoms with E-state index in [2.05, 4.69) is 37.2 Å². The van der Waals surface area contributed by atoms with Crippen LogP contribution in [0.15, 0.2) is 64.6 Å². The zero-order valence-electron chi connectivity index (χ0n) is 15.4. The second-order valence-corrected chi connectivity index (χ2v) is 6.55. The van der Waals surface area contributed by atoms with Gasteiger partial charge < -0.3 is 20.7 Å². The monoisotopic (exact) mass is 364 g/mol. The average molecular weight is 364 g/mol. The fraction of sp³-hybridized carbons (Fsp3) is 0.300. The van der Waals surface area contributed by atoms with Crippen LogP contribution >= 0.6 is 0 Å². The molecule has 1 saturated heterocycles. The summed E-state index contributed by atoms with van der Waals surface area (Å²) < 4.78 is 5.33. The number of rotatable bonds is 4. The Balaban J connectivity index is 1.70. The quantitative estimate of drug-likeness (QED) is 0.872. The molecule has 2 aliphatic heterocycles. The molecule has 1 unspecified atom stereocenters. The predicted octanol–water partition coefficient (Wildman–Crippen LogP) is 2.68. The average Bonchev–Trinajstić information content (AvgIpc) is 3.23. The molecule has 2 aromatic carbocycles. The Kier molecular flexibility index (Phi) is 4.82. The molecule has 2 heterocycles. The molecule has 140 valence electrons. The number of anilines is 2. The second-order valence-electron chi connectivity index (χ2n) is 6.55. The first-order valence-corrected chi connectivity index (χ1v) is 9.16. The standard InChI is InChI=1S/C20H24N6O/c1-27-17-11-7-8-15(14-17)22-19-23-18(21)24-20(25-12-5-6-13-25)26(19)16-9-3-2-4-10-16/h2-4,7-11,14,19,22H,5-6,12-13H2,1H3,(H2,21,23). The largest absolute Gasteiger partial charge is 0.497 e. The maximum atomic E-state index is 6.08. The van der Waals surface area contributed by atoms with Gasteiger partial charge in [0, 0.05) is 30.5 Å². The van der Waals surface area contributed by atoms with E-state index in [9.17, 15) is 0 Å². The van der Waals surface area contributed by atoms with Gasteiger partial charge in [-0.1, -0.05) is 24.3 Å². The minimum atomic E-state index is -0.396. The van der Waals surface area contributed by atoms with Crippen molar-refractivity contribution in [3.63, 3.8) is 0 Å². The number of benzene rings is 2. The van der Waals surface area contributed by atoms with Crippen LogP contribution in [-0.4, -0.2) is 43.3 Å². The molecule has 4 rings (SSSR count). The van der Waals surface area contributed by atoms with Crippen LogP contribution < -0.4 is 20.7 Å². The highest BCUT2D eigenvalue weighted by Crippen LogP contribution is 2.26. The Hall–Kier alpha value is -3.22. The lowest BCUT2D eigenvalue weighted by Crippen LogP contribution is -2.54. The van der Waals surface area contributed by atoms with Crippen molar-refractivity contribution in [1.82, 2.24) is 4.90 Å². The highest BCUT2D eigenvalue weighted by molar-refractivity contribution is 6.06. The van der Waals surface area contributed by atoms with Crippen LogP contribution in [0.4, 0.5) is 11.4 Å². The van der Waals surface area contributed by atoms with E-state index in [0.717, 1.165) is 49.0 Å². The fourth-order valence-corrected chi connectivity index (χ4v) is 3.42. The first-order valence-electron chi connectivity index (χ1n) is 9.16. The van der Waals surface area contributed by atoms with E-state index in [-0.39, 0.29) is 5.96 Å². The van der Waals surface area contributed by atoms with Crippen LogP contribution in [0.3, 0.4) is 0 Å². The number of guanidine groups is 2. The molecule has 2 aliphatic rings. The number of methoxy groups -OCH3 is 1. The molecule has 1 atom stereocenters. The summed E-state index contributed by atoms with van der Waals surface area (Å²) in [6, 6.07) is 17.9. The molecule has 0 radical (unpaired) electrons. The fourth-order valence-electron chi connectivity index (χ4n) is 3.42. The number of nitrogens with one attached hydrogen (secondary N) is 1. The SMILES string of the molecule is COc1cccc(NC2N=C(N)N=C(N3CCCC3)N2c2ccccc2)c1. The van der Waals surface area contributed by atoms with Crippen LogP contribution in [-0.2, 0) is 0 Å². The third-order valence-corrected chi connectivity index (χ3v) is 4.72. The van der Waals surface area contributed by atoms with Crippen molar-refractivity contribution in [2.24, 2.45) is 15.7 Å². The summed E-state index contributed by atoms with van der Waals surface area (Å²) in [6.45, 7) is 1.95. The van der Waals surface area contributed by atoms with Gasteiger partial charge in [0.25, 0.3) is 0 Å². The number of nitrogens with two attached hydrogens (primary N) is 1. The number of likely N-dealkylation sites (tertiary alicyclic amines) is 1. The van der Waals surface area contributed by atoms with Crippen molar-refractivity contribution in [3.05, 3.63) is 54.6 Å². The number of hydrogen-bond donors (Lipinski definition) is 2. The van der Waals surface area contributed by atoms with Crippen molar-refractivity contribution in [1.29, 1.82) is 0 Å². The van der Waals surface area contributed by atoms with E-state index < -0.39 is 6.29 Å². The van der Waals surface area contributed by atoms with Gasteiger partial charge in [0.1, 0.15) is 5.75 Å². The Morgan fingerprint density at radius 2 is 1.85 bits per heavy atom. The molecule has 0 aliphatic carbocycles. The lowest BCUT2D eigenvalue weighted by atomic mass is 10.2. The van der Waals surface area contributed by atoms with Gasteiger partial charge in [-0.15, -0.1) is 0 Å². The maximum Gasteiger partial charge on any atom is 0.222 e. The number of hydrogen-bond acceptors (Lipinski definition) is 7. The zero-order valence-corrected chi connectivity index (χ0v) is 15.4. The summed E-state index contributed by atoms with van der Waals surface area (Å²) in [5.74, 6) is 1.91. The molecule has 1 fully saturated rings. The number of nitrogens with zero attached hydrogens (tertiary/aromatic N) is 4. The number of ether oxygens (including phenoxy) is 1. The van der Waals surface area contributed by atoms with Crippen molar-refractivity contribution >= 4 is 23.3 Å². The van der Waals surface area contributed by atoms with E-state index in [1.54, 1.807) is 7.11 Å². The summed E-state index contributed by atoms with van der Waals surface area (Å²) in [6.07, 6.45) is 1.92. The number of aliphatic imine (C=N–C) groups is 2. The van der Waals surface area contributed by atoms with Crippen molar-refractivity contribution in [3.8, 4) is 5.75 Å². The molecule has 7 nitrogen and oxygen atoms in total. The van der Waals surface area contributed by atoms with E-state index in [1.807, 2.05) is 42.5 Å². The van der Waals surface area contributed by atoms with Crippen LogP contribution in [0.25, 0.3) is 0 Å². The van der Waals surface area contributed by atoms with Gasteiger partial charge >= 0.3 is 0 Å². The third-order valence-electron chi connectivity index (χ3n) is 4.72. The maximum absolute atomic E-state index is 6.08. The highest BCUT2D eigenvalue weighted by atomic mass is 16.5. The Morgan fingerprint density at radius 1 is 1.07 bits per heavy atom. The summed E-state index contributed by atoms with van der Waals surface area (Å²) in [5.41, 5.74) is 7.99. The lowest BCUT2D eigenvalue weighted by Gasteiger charge is -2.38. The second kappa shape index (κ2) is 7.57. The Labute approximate surface area is 159 Å². The first kappa shape index (κ1) is 17.2. The summed E-state index contributed by atoms with van der Waals surface area (Å²) >= 11 is 0. The van der Waals surface area contributed by atoms with Crippen molar-refractivity contribution < 1.29 is 4.74 Å². The van der Waals surface area contributed by atoms with E-state index >= 15 is 0 Å². The first-order chi connectivity index (χ1) is 13.2.